The molecule has 0 amide bonds. The summed E-state index contributed by atoms with van der Waals surface area (Å²) >= 11 is 0. The minimum absolute atomic E-state index is 0.301. The first-order chi connectivity index (χ1) is 10.1. The first-order valence-electron chi connectivity index (χ1n) is 6.74. The number of rotatable bonds is 2. The molecule has 1 aromatic heterocycles. The Kier molecular flexibility index (Phi) is 3.22. The number of nitrogens with two attached hydrogens (primary N) is 1. The lowest BCUT2D eigenvalue weighted by atomic mass is 9.96. The molecule has 21 heavy (non-hydrogen) atoms. The summed E-state index contributed by atoms with van der Waals surface area (Å²) in [7, 11) is 0. The zero-order chi connectivity index (χ0) is 15.0. The van der Waals surface area contributed by atoms with Gasteiger partial charge in [-0.2, -0.15) is 5.10 Å². The normalized spacial score (nSPS) is 10.8. The average molecular weight is 281 g/mol. The van der Waals surface area contributed by atoms with E-state index in [0.717, 1.165) is 16.8 Å². The number of H-pyrrole nitrogens is 1. The highest BCUT2D eigenvalue weighted by molar-refractivity contribution is 5.88. The van der Waals surface area contributed by atoms with Gasteiger partial charge in [-0.25, -0.2) is 4.39 Å². The van der Waals surface area contributed by atoms with Crippen LogP contribution in [-0.4, -0.2) is 10.2 Å². The number of aromatic amines is 1. The number of hydrogen-bond donors (Lipinski definition) is 2. The van der Waals surface area contributed by atoms with Crippen LogP contribution in [0.4, 0.5) is 10.2 Å². The quantitative estimate of drug-likeness (QED) is 0.743. The van der Waals surface area contributed by atoms with Crippen molar-refractivity contribution in [3.63, 3.8) is 0 Å². The highest BCUT2D eigenvalue weighted by Crippen LogP contribution is 2.37. The fourth-order valence-corrected chi connectivity index (χ4v) is 2.58. The molecule has 0 saturated heterocycles. The molecule has 1 heterocycles. The van der Waals surface area contributed by atoms with E-state index in [0.29, 0.717) is 16.9 Å². The topological polar surface area (TPSA) is 54.7 Å². The molecular weight excluding hydrogens is 265 g/mol. The fraction of sp³-hybridized carbons (Fsp3) is 0.118. The van der Waals surface area contributed by atoms with Crippen molar-refractivity contribution >= 4 is 5.82 Å². The van der Waals surface area contributed by atoms with Crippen molar-refractivity contribution in [2.45, 2.75) is 13.8 Å². The molecule has 3 nitrogen and oxygen atoms in total. The minimum atomic E-state index is -0.309. The maximum atomic E-state index is 14.1. The van der Waals surface area contributed by atoms with Crippen molar-refractivity contribution < 1.29 is 4.39 Å². The molecule has 0 atom stereocenters. The van der Waals surface area contributed by atoms with Crippen molar-refractivity contribution in [1.29, 1.82) is 0 Å². The van der Waals surface area contributed by atoms with E-state index in [1.807, 2.05) is 26.0 Å². The Bertz CT molecular complexity index is 806. The van der Waals surface area contributed by atoms with Crippen LogP contribution in [0.3, 0.4) is 0 Å². The van der Waals surface area contributed by atoms with E-state index in [1.54, 1.807) is 18.2 Å². The Hall–Kier alpha value is -2.62. The summed E-state index contributed by atoms with van der Waals surface area (Å²) in [6, 6.07) is 12.7. The van der Waals surface area contributed by atoms with Crippen molar-refractivity contribution in [2.24, 2.45) is 0 Å². The van der Waals surface area contributed by atoms with Crippen LogP contribution in [0.5, 0.6) is 0 Å². The van der Waals surface area contributed by atoms with E-state index in [1.165, 1.54) is 11.6 Å². The second kappa shape index (κ2) is 5.05. The summed E-state index contributed by atoms with van der Waals surface area (Å²) in [6.07, 6.45) is 0. The highest BCUT2D eigenvalue weighted by Gasteiger charge is 2.18. The molecule has 0 radical (unpaired) electrons. The maximum Gasteiger partial charge on any atom is 0.153 e. The van der Waals surface area contributed by atoms with Gasteiger partial charge in [0.2, 0.25) is 0 Å². The van der Waals surface area contributed by atoms with E-state index in [9.17, 15) is 4.39 Å². The maximum absolute atomic E-state index is 14.1. The number of hydrogen-bond acceptors (Lipinski definition) is 2. The van der Waals surface area contributed by atoms with Gasteiger partial charge in [0.05, 0.1) is 11.3 Å². The van der Waals surface area contributed by atoms with Gasteiger partial charge in [-0.05, 0) is 25.5 Å². The number of aromatic nitrogens is 2. The van der Waals surface area contributed by atoms with Crippen LogP contribution in [0, 0.1) is 19.7 Å². The molecule has 2 aromatic carbocycles. The van der Waals surface area contributed by atoms with Crippen LogP contribution < -0.4 is 5.73 Å². The monoisotopic (exact) mass is 281 g/mol. The molecule has 0 aliphatic carbocycles. The van der Waals surface area contributed by atoms with Crippen molar-refractivity contribution in [3.8, 4) is 22.4 Å². The van der Waals surface area contributed by atoms with E-state index in [-0.39, 0.29) is 5.82 Å². The summed E-state index contributed by atoms with van der Waals surface area (Å²) in [5, 5.41) is 6.99. The highest BCUT2D eigenvalue weighted by atomic mass is 19.1. The molecule has 0 bridgehead atoms. The molecule has 0 aliphatic rings. The minimum Gasteiger partial charge on any atom is -0.382 e. The Morgan fingerprint density at radius 3 is 2.52 bits per heavy atom. The summed E-state index contributed by atoms with van der Waals surface area (Å²) in [4.78, 5) is 0. The third-order valence-corrected chi connectivity index (χ3v) is 3.59. The number of nitrogen functional groups attached to an aromatic ring is 1. The zero-order valence-electron chi connectivity index (χ0n) is 11.9. The number of aryl methyl sites for hydroxylation is 2. The molecule has 3 rings (SSSR count). The molecule has 0 saturated carbocycles. The van der Waals surface area contributed by atoms with Gasteiger partial charge in [0, 0.05) is 11.1 Å². The van der Waals surface area contributed by atoms with Crippen molar-refractivity contribution in [2.75, 3.05) is 5.73 Å². The molecule has 3 N–H and O–H groups in total. The zero-order valence-corrected chi connectivity index (χ0v) is 11.9. The second-order valence-corrected chi connectivity index (χ2v) is 5.16. The molecule has 4 heteroatoms. The van der Waals surface area contributed by atoms with Gasteiger partial charge < -0.3 is 5.73 Å². The number of anilines is 1. The average Bonchev–Trinajstić information content (AvgIpc) is 2.81. The van der Waals surface area contributed by atoms with Crippen LogP contribution in [0.1, 0.15) is 11.1 Å². The lowest BCUT2D eigenvalue weighted by molar-refractivity contribution is 0.631. The van der Waals surface area contributed by atoms with Gasteiger partial charge in [0.25, 0.3) is 0 Å². The van der Waals surface area contributed by atoms with Crippen LogP contribution in [-0.2, 0) is 0 Å². The number of nitrogens with zero attached hydrogens (tertiary/aromatic N) is 1. The Labute approximate surface area is 122 Å². The third kappa shape index (κ3) is 2.29. The van der Waals surface area contributed by atoms with Crippen LogP contribution in [0.2, 0.25) is 0 Å². The molecular formula is C17H16FN3. The summed E-state index contributed by atoms with van der Waals surface area (Å²) < 4.78 is 14.1. The van der Waals surface area contributed by atoms with E-state index >= 15 is 0 Å². The largest absolute Gasteiger partial charge is 0.382 e. The molecule has 3 aromatic rings. The summed E-state index contributed by atoms with van der Waals surface area (Å²) in [6.45, 7) is 4.06. The Morgan fingerprint density at radius 2 is 1.81 bits per heavy atom. The molecule has 0 spiro atoms. The summed E-state index contributed by atoms with van der Waals surface area (Å²) in [5.74, 6) is -0.00769. The van der Waals surface area contributed by atoms with Gasteiger partial charge in [-0.1, -0.05) is 42.0 Å². The Balaban J connectivity index is 2.25. The molecule has 0 aliphatic heterocycles. The van der Waals surface area contributed by atoms with Crippen molar-refractivity contribution in [3.05, 3.63) is 59.4 Å². The van der Waals surface area contributed by atoms with E-state index in [4.69, 9.17) is 5.73 Å². The lowest BCUT2D eigenvalue weighted by Gasteiger charge is -2.09. The van der Waals surface area contributed by atoms with Gasteiger partial charge in [-0.3, -0.25) is 5.10 Å². The number of halogens is 1. The van der Waals surface area contributed by atoms with Crippen molar-refractivity contribution in [1.82, 2.24) is 10.2 Å². The molecule has 0 unspecified atom stereocenters. The first kappa shape index (κ1) is 13.4. The number of nitrogens with one attached hydrogen (secondary N) is 1. The van der Waals surface area contributed by atoms with Gasteiger partial charge in [-0.15, -0.1) is 0 Å². The van der Waals surface area contributed by atoms with Gasteiger partial charge in [0.1, 0.15) is 5.82 Å². The Morgan fingerprint density at radius 1 is 1.05 bits per heavy atom. The first-order valence-corrected chi connectivity index (χ1v) is 6.74. The van der Waals surface area contributed by atoms with Crippen LogP contribution in [0.25, 0.3) is 22.4 Å². The summed E-state index contributed by atoms with van der Waals surface area (Å²) in [5.41, 5.74) is 11.0. The SMILES string of the molecule is Cc1ccc(-c2[nH]nc(N)c2-c2ccccc2F)c(C)c1. The third-order valence-electron chi connectivity index (χ3n) is 3.59. The van der Waals surface area contributed by atoms with E-state index < -0.39 is 0 Å². The standard InChI is InChI=1S/C17H16FN3/c1-10-7-8-12(11(2)9-10)16-15(17(19)21-20-16)13-5-3-4-6-14(13)18/h3-9H,1-2H3,(H3,19,20,21). The predicted octanol–water partition coefficient (Wildman–Crippen LogP) is 4.08. The number of benzene rings is 2. The van der Waals surface area contributed by atoms with Gasteiger partial charge >= 0.3 is 0 Å². The van der Waals surface area contributed by atoms with Crippen LogP contribution >= 0.6 is 0 Å². The smallest absolute Gasteiger partial charge is 0.153 e. The fourth-order valence-electron chi connectivity index (χ4n) is 2.58. The van der Waals surface area contributed by atoms with E-state index in [2.05, 4.69) is 16.3 Å². The predicted molar refractivity (Wildman–Crippen MR) is 83.3 cm³/mol. The second-order valence-electron chi connectivity index (χ2n) is 5.16. The molecule has 0 fully saturated rings. The van der Waals surface area contributed by atoms with Crippen LogP contribution in [0.15, 0.2) is 42.5 Å². The molecule has 106 valence electrons. The lowest BCUT2D eigenvalue weighted by Crippen LogP contribution is -1.92. The van der Waals surface area contributed by atoms with Gasteiger partial charge in [0.15, 0.2) is 5.82 Å².